The normalized spacial score (nSPS) is 21.6. The van der Waals surface area contributed by atoms with E-state index in [1.54, 1.807) is 0 Å². The highest BCUT2D eigenvalue weighted by molar-refractivity contribution is 6.31. The van der Waals surface area contributed by atoms with Crippen LogP contribution in [0.4, 0.5) is 0 Å². The van der Waals surface area contributed by atoms with Gasteiger partial charge in [-0.25, -0.2) is 0 Å². The minimum Gasteiger partial charge on any atom is -0.311 e. The van der Waals surface area contributed by atoms with Crippen molar-refractivity contribution in [3.8, 4) is 0 Å². The van der Waals surface area contributed by atoms with Crippen molar-refractivity contribution in [3.63, 3.8) is 0 Å². The third kappa shape index (κ3) is 2.58. The van der Waals surface area contributed by atoms with Crippen molar-refractivity contribution in [2.24, 2.45) is 0 Å². The van der Waals surface area contributed by atoms with Crippen molar-refractivity contribution < 1.29 is 0 Å². The van der Waals surface area contributed by atoms with Crippen LogP contribution in [0.3, 0.4) is 0 Å². The molecule has 0 heterocycles. The Labute approximate surface area is 103 Å². The van der Waals surface area contributed by atoms with Crippen LogP contribution in [0.2, 0.25) is 5.02 Å². The molecule has 0 aromatic heterocycles. The molecule has 0 fully saturated rings. The number of aryl methyl sites for hydroxylation is 1. The van der Waals surface area contributed by atoms with Crippen LogP contribution in [0.25, 0.3) is 0 Å². The molecule has 0 amide bonds. The Bertz CT molecular complexity index is 362. The Balaban J connectivity index is 2.08. The first-order valence-corrected chi connectivity index (χ1v) is 6.60. The number of halogens is 1. The van der Waals surface area contributed by atoms with Gasteiger partial charge in [0.1, 0.15) is 0 Å². The fourth-order valence-electron chi connectivity index (χ4n) is 2.41. The van der Waals surface area contributed by atoms with Gasteiger partial charge in [-0.2, -0.15) is 0 Å². The molecule has 0 saturated carbocycles. The van der Waals surface area contributed by atoms with Crippen molar-refractivity contribution in [1.29, 1.82) is 0 Å². The van der Waals surface area contributed by atoms with Crippen molar-refractivity contribution in [1.82, 2.24) is 5.32 Å². The van der Waals surface area contributed by atoms with E-state index < -0.39 is 0 Å². The smallest absolute Gasteiger partial charge is 0.0441 e. The van der Waals surface area contributed by atoms with Crippen LogP contribution >= 0.6 is 11.6 Å². The molecule has 0 spiro atoms. The molecule has 2 heteroatoms. The van der Waals surface area contributed by atoms with E-state index in [2.05, 4.69) is 31.3 Å². The zero-order chi connectivity index (χ0) is 11.5. The van der Waals surface area contributed by atoms with Crippen LogP contribution in [-0.4, -0.2) is 12.1 Å². The minimum atomic E-state index is 0.599. The van der Waals surface area contributed by atoms with E-state index in [4.69, 9.17) is 11.6 Å². The topological polar surface area (TPSA) is 12.0 Å². The molecule has 2 unspecified atom stereocenters. The van der Waals surface area contributed by atoms with E-state index in [1.165, 1.54) is 24.0 Å². The van der Waals surface area contributed by atoms with Gasteiger partial charge in [0.05, 0.1) is 0 Å². The lowest BCUT2D eigenvalue weighted by molar-refractivity contribution is 0.401. The fraction of sp³-hybridized carbons (Fsp3) is 0.571. The third-order valence-corrected chi connectivity index (χ3v) is 3.92. The average molecular weight is 238 g/mol. The first-order valence-electron chi connectivity index (χ1n) is 6.23. The highest BCUT2D eigenvalue weighted by atomic mass is 35.5. The largest absolute Gasteiger partial charge is 0.311 e. The monoisotopic (exact) mass is 237 g/mol. The lowest BCUT2D eigenvalue weighted by Crippen LogP contribution is -2.40. The lowest BCUT2D eigenvalue weighted by Gasteiger charge is -2.28. The van der Waals surface area contributed by atoms with Gasteiger partial charge in [0.15, 0.2) is 0 Å². The van der Waals surface area contributed by atoms with Crippen LogP contribution < -0.4 is 5.32 Å². The second-order valence-electron chi connectivity index (χ2n) is 4.79. The van der Waals surface area contributed by atoms with Gasteiger partial charge in [-0.15, -0.1) is 0 Å². The fourth-order valence-corrected chi connectivity index (χ4v) is 2.68. The summed E-state index contributed by atoms with van der Waals surface area (Å²) in [5.41, 5.74) is 2.80. The molecule has 2 rings (SSSR count). The molecule has 1 N–H and O–H groups in total. The zero-order valence-electron chi connectivity index (χ0n) is 10.1. The van der Waals surface area contributed by atoms with Crippen LogP contribution in [-0.2, 0) is 12.8 Å². The number of benzene rings is 1. The highest BCUT2D eigenvalue weighted by Gasteiger charge is 2.20. The Morgan fingerprint density at radius 1 is 1.50 bits per heavy atom. The molecule has 1 aliphatic carbocycles. The number of hydrogen-bond donors (Lipinski definition) is 1. The summed E-state index contributed by atoms with van der Waals surface area (Å²) in [6.45, 7) is 4.48. The lowest BCUT2D eigenvalue weighted by atomic mass is 9.88. The maximum atomic E-state index is 6.25. The number of hydrogen-bond acceptors (Lipinski definition) is 1. The second kappa shape index (κ2) is 5.20. The number of fused-ring (bicyclic) bond motifs is 1. The molecular formula is C14H20ClN. The number of nitrogens with one attached hydrogen (secondary N) is 1. The SMILES string of the molecule is CCC(C)NC1CCc2cccc(Cl)c2C1. The summed E-state index contributed by atoms with van der Waals surface area (Å²) in [4.78, 5) is 0. The van der Waals surface area contributed by atoms with Gasteiger partial charge in [0, 0.05) is 17.1 Å². The first-order chi connectivity index (χ1) is 7.70. The van der Waals surface area contributed by atoms with Crippen LogP contribution in [0.5, 0.6) is 0 Å². The van der Waals surface area contributed by atoms with E-state index in [9.17, 15) is 0 Å². The van der Waals surface area contributed by atoms with E-state index in [0.29, 0.717) is 12.1 Å². The average Bonchev–Trinajstić information content (AvgIpc) is 2.30. The van der Waals surface area contributed by atoms with Crippen molar-refractivity contribution >= 4 is 11.6 Å². The molecular weight excluding hydrogens is 218 g/mol. The maximum absolute atomic E-state index is 6.25. The predicted molar refractivity (Wildman–Crippen MR) is 70.2 cm³/mol. The van der Waals surface area contributed by atoms with Crippen LogP contribution in [0.15, 0.2) is 18.2 Å². The molecule has 1 nitrogen and oxygen atoms in total. The summed E-state index contributed by atoms with van der Waals surface area (Å²) in [5.74, 6) is 0. The Morgan fingerprint density at radius 3 is 3.06 bits per heavy atom. The van der Waals surface area contributed by atoms with Gasteiger partial charge >= 0.3 is 0 Å². The molecule has 1 aliphatic rings. The summed E-state index contributed by atoms with van der Waals surface area (Å²) in [5, 5.41) is 4.62. The van der Waals surface area contributed by atoms with Crippen molar-refractivity contribution in [2.45, 2.75) is 51.6 Å². The summed E-state index contributed by atoms with van der Waals surface area (Å²) < 4.78 is 0. The number of rotatable bonds is 3. The molecule has 1 aromatic rings. The van der Waals surface area contributed by atoms with Gasteiger partial charge in [0.25, 0.3) is 0 Å². The van der Waals surface area contributed by atoms with Gasteiger partial charge in [-0.1, -0.05) is 30.7 Å². The standard InChI is InChI=1S/C14H20ClN/c1-3-10(2)16-12-8-7-11-5-4-6-14(15)13(11)9-12/h4-6,10,12,16H,3,7-9H2,1-2H3. The summed E-state index contributed by atoms with van der Waals surface area (Å²) in [7, 11) is 0. The maximum Gasteiger partial charge on any atom is 0.0441 e. The molecule has 0 bridgehead atoms. The van der Waals surface area contributed by atoms with E-state index in [-0.39, 0.29) is 0 Å². The zero-order valence-corrected chi connectivity index (χ0v) is 10.8. The van der Waals surface area contributed by atoms with E-state index in [1.807, 2.05) is 6.07 Å². The Morgan fingerprint density at radius 2 is 2.31 bits per heavy atom. The summed E-state index contributed by atoms with van der Waals surface area (Å²) in [6, 6.07) is 7.48. The molecule has 0 radical (unpaired) electrons. The second-order valence-corrected chi connectivity index (χ2v) is 5.20. The van der Waals surface area contributed by atoms with Crippen LogP contribution in [0.1, 0.15) is 37.8 Å². The van der Waals surface area contributed by atoms with Crippen LogP contribution in [0, 0.1) is 0 Å². The summed E-state index contributed by atoms with van der Waals surface area (Å²) in [6.07, 6.45) is 4.66. The van der Waals surface area contributed by atoms with Gasteiger partial charge in [-0.05, 0) is 49.8 Å². The third-order valence-electron chi connectivity index (χ3n) is 3.56. The molecule has 2 atom stereocenters. The highest BCUT2D eigenvalue weighted by Crippen LogP contribution is 2.27. The van der Waals surface area contributed by atoms with Gasteiger partial charge < -0.3 is 5.32 Å². The first kappa shape index (κ1) is 11.9. The molecule has 88 valence electrons. The van der Waals surface area contributed by atoms with Crippen molar-refractivity contribution in [3.05, 3.63) is 34.3 Å². The molecule has 0 saturated heterocycles. The van der Waals surface area contributed by atoms with Gasteiger partial charge in [0.2, 0.25) is 0 Å². The Hall–Kier alpha value is -0.530. The van der Waals surface area contributed by atoms with Gasteiger partial charge in [-0.3, -0.25) is 0 Å². The minimum absolute atomic E-state index is 0.599. The molecule has 16 heavy (non-hydrogen) atoms. The van der Waals surface area contributed by atoms with E-state index >= 15 is 0 Å². The summed E-state index contributed by atoms with van der Waals surface area (Å²) >= 11 is 6.25. The molecule has 0 aliphatic heterocycles. The molecule has 1 aromatic carbocycles. The van der Waals surface area contributed by atoms with E-state index in [0.717, 1.165) is 17.9 Å². The van der Waals surface area contributed by atoms with Crippen molar-refractivity contribution in [2.75, 3.05) is 0 Å². The quantitative estimate of drug-likeness (QED) is 0.847. The predicted octanol–water partition coefficient (Wildman–Crippen LogP) is 3.59. The Kier molecular flexibility index (Phi) is 3.88.